The molecular weight excluding hydrogens is 208 g/mol. The monoisotopic (exact) mass is 240 g/mol. The molecule has 2 heteroatoms. The highest BCUT2D eigenvalue weighted by atomic mass is 15.0. The Kier molecular flexibility index (Phi) is 5.94. The second kappa shape index (κ2) is 6.75. The van der Waals surface area contributed by atoms with Crippen molar-refractivity contribution < 1.29 is 0 Å². The SMILES string of the molecule is CC1CC(NCCCCN(C)C)CC(C)(C)C1. The molecule has 0 aromatic rings. The Morgan fingerprint density at radius 2 is 1.88 bits per heavy atom. The van der Waals surface area contributed by atoms with Crippen LogP contribution in [0.25, 0.3) is 0 Å². The molecule has 2 unspecified atom stereocenters. The van der Waals surface area contributed by atoms with Crippen LogP contribution in [0.4, 0.5) is 0 Å². The van der Waals surface area contributed by atoms with Crippen molar-refractivity contribution in [2.45, 2.75) is 58.9 Å². The summed E-state index contributed by atoms with van der Waals surface area (Å²) in [5, 5.41) is 3.76. The number of nitrogens with zero attached hydrogens (tertiary/aromatic N) is 1. The zero-order valence-electron chi connectivity index (χ0n) is 12.6. The second-order valence-corrected chi connectivity index (χ2v) is 7.07. The number of unbranched alkanes of at least 4 members (excludes halogenated alkanes) is 1. The predicted octanol–water partition coefficient (Wildman–Crippen LogP) is 3.13. The summed E-state index contributed by atoms with van der Waals surface area (Å²) < 4.78 is 0. The van der Waals surface area contributed by atoms with Gasteiger partial charge in [0.1, 0.15) is 0 Å². The first-order valence-electron chi connectivity index (χ1n) is 7.27. The fourth-order valence-corrected chi connectivity index (χ4v) is 3.36. The molecule has 2 nitrogen and oxygen atoms in total. The van der Waals surface area contributed by atoms with Gasteiger partial charge in [-0.05, 0) is 70.6 Å². The Hall–Kier alpha value is -0.0800. The zero-order valence-corrected chi connectivity index (χ0v) is 12.6. The minimum atomic E-state index is 0.541. The smallest absolute Gasteiger partial charge is 0.00746 e. The molecule has 0 bridgehead atoms. The van der Waals surface area contributed by atoms with Crippen molar-refractivity contribution in [3.63, 3.8) is 0 Å². The zero-order chi connectivity index (χ0) is 12.9. The molecule has 0 heterocycles. The lowest BCUT2D eigenvalue weighted by atomic mass is 9.70. The summed E-state index contributed by atoms with van der Waals surface area (Å²) in [6.45, 7) is 9.66. The molecule has 17 heavy (non-hydrogen) atoms. The van der Waals surface area contributed by atoms with Crippen molar-refractivity contribution in [3.8, 4) is 0 Å². The van der Waals surface area contributed by atoms with Gasteiger partial charge in [0, 0.05) is 6.04 Å². The van der Waals surface area contributed by atoms with Gasteiger partial charge in [-0.2, -0.15) is 0 Å². The quantitative estimate of drug-likeness (QED) is 0.718. The molecule has 0 amide bonds. The lowest BCUT2D eigenvalue weighted by molar-refractivity contribution is 0.151. The van der Waals surface area contributed by atoms with Crippen LogP contribution in [0.3, 0.4) is 0 Å². The number of hydrogen-bond donors (Lipinski definition) is 1. The Morgan fingerprint density at radius 3 is 2.47 bits per heavy atom. The maximum atomic E-state index is 3.76. The summed E-state index contributed by atoms with van der Waals surface area (Å²) in [5.41, 5.74) is 0.541. The van der Waals surface area contributed by atoms with Gasteiger partial charge in [-0.1, -0.05) is 20.8 Å². The first-order valence-corrected chi connectivity index (χ1v) is 7.27. The van der Waals surface area contributed by atoms with E-state index < -0.39 is 0 Å². The van der Waals surface area contributed by atoms with Crippen molar-refractivity contribution in [1.82, 2.24) is 10.2 Å². The summed E-state index contributed by atoms with van der Waals surface area (Å²) in [7, 11) is 4.30. The number of nitrogens with one attached hydrogen (secondary N) is 1. The van der Waals surface area contributed by atoms with E-state index in [1.54, 1.807) is 0 Å². The highest BCUT2D eigenvalue weighted by Gasteiger charge is 2.31. The van der Waals surface area contributed by atoms with Crippen molar-refractivity contribution in [2.75, 3.05) is 27.2 Å². The highest BCUT2D eigenvalue weighted by molar-refractivity contribution is 4.86. The van der Waals surface area contributed by atoms with Gasteiger partial charge in [0.2, 0.25) is 0 Å². The van der Waals surface area contributed by atoms with Crippen molar-refractivity contribution in [1.29, 1.82) is 0 Å². The topological polar surface area (TPSA) is 15.3 Å². The fraction of sp³-hybridized carbons (Fsp3) is 1.00. The molecule has 102 valence electrons. The maximum absolute atomic E-state index is 3.76. The lowest BCUT2D eigenvalue weighted by Crippen LogP contribution is -2.40. The van der Waals surface area contributed by atoms with E-state index in [0.717, 1.165) is 12.0 Å². The van der Waals surface area contributed by atoms with Gasteiger partial charge in [-0.25, -0.2) is 0 Å². The lowest BCUT2D eigenvalue weighted by Gasteiger charge is -2.39. The Bertz CT molecular complexity index is 211. The Morgan fingerprint density at radius 1 is 1.18 bits per heavy atom. The van der Waals surface area contributed by atoms with E-state index in [9.17, 15) is 0 Å². The van der Waals surface area contributed by atoms with E-state index >= 15 is 0 Å². The molecular formula is C15H32N2. The van der Waals surface area contributed by atoms with Gasteiger partial charge in [-0.15, -0.1) is 0 Å². The molecule has 0 saturated heterocycles. The molecule has 0 spiro atoms. The van der Waals surface area contributed by atoms with E-state index in [-0.39, 0.29) is 0 Å². The van der Waals surface area contributed by atoms with Crippen molar-refractivity contribution in [3.05, 3.63) is 0 Å². The third-order valence-corrected chi connectivity index (χ3v) is 3.85. The molecule has 1 N–H and O–H groups in total. The van der Waals surface area contributed by atoms with E-state index in [1.165, 1.54) is 45.2 Å². The van der Waals surface area contributed by atoms with Crippen LogP contribution in [0.15, 0.2) is 0 Å². The molecule has 1 saturated carbocycles. The maximum Gasteiger partial charge on any atom is 0.00746 e. The normalized spacial score (nSPS) is 28.6. The summed E-state index contributed by atoms with van der Waals surface area (Å²) in [6, 6.07) is 0.758. The first-order chi connectivity index (χ1) is 7.89. The van der Waals surface area contributed by atoms with Gasteiger partial charge < -0.3 is 10.2 Å². The third-order valence-electron chi connectivity index (χ3n) is 3.85. The molecule has 1 fully saturated rings. The van der Waals surface area contributed by atoms with Crippen LogP contribution in [0, 0.1) is 11.3 Å². The van der Waals surface area contributed by atoms with E-state index in [0.29, 0.717) is 5.41 Å². The molecule has 0 aromatic heterocycles. The standard InChI is InChI=1S/C15H32N2/c1-13-10-14(12-15(2,3)11-13)16-8-6-7-9-17(4)5/h13-14,16H,6-12H2,1-5H3. The number of hydrogen-bond acceptors (Lipinski definition) is 2. The predicted molar refractivity (Wildman–Crippen MR) is 76.4 cm³/mol. The van der Waals surface area contributed by atoms with Crippen LogP contribution >= 0.6 is 0 Å². The molecule has 1 rings (SSSR count). The van der Waals surface area contributed by atoms with Gasteiger partial charge in [-0.3, -0.25) is 0 Å². The molecule has 0 aromatic carbocycles. The third kappa shape index (κ3) is 6.42. The molecule has 1 aliphatic rings. The van der Waals surface area contributed by atoms with Crippen LogP contribution in [-0.2, 0) is 0 Å². The van der Waals surface area contributed by atoms with Crippen molar-refractivity contribution in [2.24, 2.45) is 11.3 Å². The van der Waals surface area contributed by atoms with Crippen LogP contribution in [-0.4, -0.2) is 38.1 Å². The van der Waals surface area contributed by atoms with Gasteiger partial charge in [0.15, 0.2) is 0 Å². The van der Waals surface area contributed by atoms with Gasteiger partial charge in [0.05, 0.1) is 0 Å². The molecule has 0 aliphatic heterocycles. The van der Waals surface area contributed by atoms with Crippen LogP contribution in [0.2, 0.25) is 0 Å². The summed E-state index contributed by atoms with van der Waals surface area (Å²) >= 11 is 0. The summed E-state index contributed by atoms with van der Waals surface area (Å²) in [6.07, 6.45) is 6.74. The van der Waals surface area contributed by atoms with Crippen LogP contribution in [0.5, 0.6) is 0 Å². The van der Waals surface area contributed by atoms with Crippen LogP contribution in [0.1, 0.15) is 52.9 Å². The molecule has 1 aliphatic carbocycles. The van der Waals surface area contributed by atoms with E-state index in [2.05, 4.69) is 45.1 Å². The van der Waals surface area contributed by atoms with E-state index in [1.807, 2.05) is 0 Å². The Labute approximate surface area is 108 Å². The van der Waals surface area contributed by atoms with Crippen molar-refractivity contribution >= 4 is 0 Å². The average molecular weight is 240 g/mol. The average Bonchev–Trinajstić information content (AvgIpc) is 2.13. The number of rotatable bonds is 6. The molecule has 2 atom stereocenters. The summed E-state index contributed by atoms with van der Waals surface area (Å²) in [5.74, 6) is 0.887. The minimum Gasteiger partial charge on any atom is -0.314 e. The fourth-order valence-electron chi connectivity index (χ4n) is 3.36. The minimum absolute atomic E-state index is 0.541. The second-order valence-electron chi connectivity index (χ2n) is 7.07. The highest BCUT2D eigenvalue weighted by Crippen LogP contribution is 2.38. The van der Waals surface area contributed by atoms with E-state index in [4.69, 9.17) is 0 Å². The van der Waals surface area contributed by atoms with Gasteiger partial charge >= 0.3 is 0 Å². The molecule has 0 radical (unpaired) electrons. The first kappa shape index (κ1) is 15.0. The largest absolute Gasteiger partial charge is 0.314 e. The summed E-state index contributed by atoms with van der Waals surface area (Å²) in [4.78, 5) is 2.27. The Balaban J connectivity index is 2.14. The van der Waals surface area contributed by atoms with Gasteiger partial charge in [0.25, 0.3) is 0 Å². The van der Waals surface area contributed by atoms with Crippen LogP contribution < -0.4 is 5.32 Å².